The molecule has 26 heavy (non-hydrogen) atoms. The van der Waals surface area contributed by atoms with Gasteiger partial charge in [-0.3, -0.25) is 4.79 Å². The number of anilines is 1. The van der Waals surface area contributed by atoms with E-state index in [9.17, 15) is 9.59 Å². The second-order valence-electron chi connectivity index (χ2n) is 6.18. The van der Waals surface area contributed by atoms with Crippen LogP contribution in [-0.4, -0.2) is 34.9 Å². The number of carbonyl (C=O) groups is 2. The molecular weight excluding hydrogens is 334 g/mol. The maximum Gasteiger partial charge on any atom is 0.338 e. The Bertz CT molecular complexity index is 748. The minimum atomic E-state index is -0.378. The summed E-state index contributed by atoms with van der Waals surface area (Å²) in [7, 11) is 0. The number of nitrogens with one attached hydrogen (secondary N) is 1. The van der Waals surface area contributed by atoms with Crippen LogP contribution in [0.3, 0.4) is 0 Å². The highest BCUT2D eigenvalue weighted by molar-refractivity contribution is 5.91. The highest BCUT2D eigenvalue weighted by atomic mass is 16.5. The second kappa shape index (κ2) is 8.51. The molecule has 0 bridgehead atoms. The zero-order valence-corrected chi connectivity index (χ0v) is 14.8. The van der Waals surface area contributed by atoms with E-state index in [0.717, 1.165) is 12.8 Å². The molecule has 0 spiro atoms. The molecule has 1 saturated carbocycles. The molecule has 1 aromatic carbocycles. The van der Waals surface area contributed by atoms with Crippen LogP contribution in [0.25, 0.3) is 0 Å². The van der Waals surface area contributed by atoms with Crippen LogP contribution in [0.4, 0.5) is 5.82 Å². The van der Waals surface area contributed by atoms with Crippen molar-refractivity contribution < 1.29 is 19.1 Å². The van der Waals surface area contributed by atoms with Gasteiger partial charge in [-0.1, -0.05) is 12.8 Å². The van der Waals surface area contributed by atoms with E-state index in [1.807, 2.05) is 4.68 Å². The lowest BCUT2D eigenvalue weighted by atomic mass is 10.2. The van der Waals surface area contributed by atoms with E-state index >= 15 is 0 Å². The first-order valence-corrected chi connectivity index (χ1v) is 8.90. The Labute approximate surface area is 152 Å². The van der Waals surface area contributed by atoms with Crippen molar-refractivity contribution in [3.63, 3.8) is 0 Å². The van der Waals surface area contributed by atoms with Crippen molar-refractivity contribution in [1.29, 1.82) is 0 Å². The summed E-state index contributed by atoms with van der Waals surface area (Å²) in [6.45, 7) is 1.97. The van der Waals surface area contributed by atoms with E-state index in [2.05, 4.69) is 10.4 Å². The number of nitrogens with zero attached hydrogens (tertiary/aromatic N) is 2. The summed E-state index contributed by atoms with van der Waals surface area (Å²) < 4.78 is 12.3. The molecular formula is C19H23N3O4. The molecule has 1 aliphatic carbocycles. The molecule has 3 rings (SSSR count). The van der Waals surface area contributed by atoms with Gasteiger partial charge in [0.05, 0.1) is 24.4 Å². The van der Waals surface area contributed by atoms with Gasteiger partial charge in [-0.2, -0.15) is 5.10 Å². The largest absolute Gasteiger partial charge is 0.484 e. The van der Waals surface area contributed by atoms with Crippen LogP contribution in [0, 0.1) is 0 Å². The molecule has 1 heterocycles. The van der Waals surface area contributed by atoms with Crippen molar-refractivity contribution in [3.05, 3.63) is 42.1 Å². The van der Waals surface area contributed by atoms with E-state index < -0.39 is 0 Å². The Morgan fingerprint density at radius 3 is 2.62 bits per heavy atom. The summed E-state index contributed by atoms with van der Waals surface area (Å²) in [4.78, 5) is 23.8. The summed E-state index contributed by atoms with van der Waals surface area (Å²) in [6, 6.07) is 8.66. The summed E-state index contributed by atoms with van der Waals surface area (Å²) in [6.07, 6.45) is 6.27. The van der Waals surface area contributed by atoms with Crippen LogP contribution >= 0.6 is 0 Å². The number of hydrogen-bond acceptors (Lipinski definition) is 5. The van der Waals surface area contributed by atoms with Gasteiger partial charge in [-0.25, -0.2) is 9.48 Å². The molecule has 0 aliphatic heterocycles. The third-order valence-electron chi connectivity index (χ3n) is 4.34. The molecule has 1 N–H and O–H groups in total. The molecule has 1 aromatic heterocycles. The van der Waals surface area contributed by atoms with Gasteiger partial charge in [0, 0.05) is 6.07 Å². The van der Waals surface area contributed by atoms with Gasteiger partial charge in [0.2, 0.25) is 0 Å². The minimum absolute atomic E-state index is 0.116. The van der Waals surface area contributed by atoms with Gasteiger partial charge in [-0.15, -0.1) is 0 Å². The van der Waals surface area contributed by atoms with Crippen molar-refractivity contribution in [2.45, 2.75) is 38.6 Å². The molecule has 0 radical (unpaired) electrons. The highest BCUT2D eigenvalue weighted by Gasteiger charge is 2.20. The van der Waals surface area contributed by atoms with Crippen molar-refractivity contribution >= 4 is 17.7 Å². The molecule has 0 unspecified atom stereocenters. The fraction of sp³-hybridized carbons (Fsp3) is 0.421. The number of aromatic nitrogens is 2. The SMILES string of the molecule is CCOC(=O)c1ccc(OCC(=O)Nc2ccnn2C2CCCC2)cc1. The van der Waals surface area contributed by atoms with Gasteiger partial charge in [0.1, 0.15) is 11.6 Å². The summed E-state index contributed by atoms with van der Waals surface area (Å²) in [5.41, 5.74) is 0.448. The predicted molar refractivity (Wildman–Crippen MR) is 96.3 cm³/mol. The topological polar surface area (TPSA) is 82.4 Å². The fourth-order valence-corrected chi connectivity index (χ4v) is 3.08. The van der Waals surface area contributed by atoms with E-state index in [1.165, 1.54) is 12.8 Å². The molecule has 0 atom stereocenters. The number of carbonyl (C=O) groups excluding carboxylic acids is 2. The van der Waals surface area contributed by atoms with Crippen molar-refractivity contribution in [1.82, 2.24) is 9.78 Å². The smallest absolute Gasteiger partial charge is 0.338 e. The summed E-state index contributed by atoms with van der Waals surface area (Å²) in [5, 5.41) is 7.17. The van der Waals surface area contributed by atoms with E-state index in [0.29, 0.717) is 29.8 Å². The van der Waals surface area contributed by atoms with Crippen molar-refractivity contribution in [2.24, 2.45) is 0 Å². The van der Waals surface area contributed by atoms with E-state index in [4.69, 9.17) is 9.47 Å². The first kappa shape index (κ1) is 18.0. The Hall–Kier alpha value is -2.83. The Morgan fingerprint density at radius 1 is 1.19 bits per heavy atom. The number of esters is 1. The number of benzene rings is 1. The van der Waals surface area contributed by atoms with E-state index in [-0.39, 0.29) is 18.5 Å². The molecule has 1 aliphatic rings. The third kappa shape index (κ3) is 4.41. The zero-order valence-electron chi connectivity index (χ0n) is 14.8. The predicted octanol–water partition coefficient (Wildman–Crippen LogP) is 3.19. The number of hydrogen-bond donors (Lipinski definition) is 1. The van der Waals surface area contributed by atoms with Crippen LogP contribution < -0.4 is 10.1 Å². The zero-order chi connectivity index (χ0) is 18.4. The molecule has 7 heteroatoms. The Morgan fingerprint density at radius 2 is 1.92 bits per heavy atom. The Kier molecular flexibility index (Phi) is 5.88. The molecule has 7 nitrogen and oxygen atoms in total. The first-order valence-electron chi connectivity index (χ1n) is 8.90. The average molecular weight is 357 g/mol. The van der Waals surface area contributed by atoms with Crippen molar-refractivity contribution in [2.75, 3.05) is 18.5 Å². The Balaban J connectivity index is 1.51. The normalized spacial score (nSPS) is 14.2. The van der Waals surface area contributed by atoms with Crippen LogP contribution in [0.15, 0.2) is 36.5 Å². The van der Waals surface area contributed by atoms with Gasteiger partial charge < -0.3 is 14.8 Å². The summed E-state index contributed by atoms with van der Waals surface area (Å²) in [5.74, 6) is 0.580. The maximum atomic E-state index is 12.2. The molecule has 138 valence electrons. The molecule has 1 fully saturated rings. The lowest BCUT2D eigenvalue weighted by molar-refractivity contribution is -0.118. The molecule has 1 amide bonds. The second-order valence-corrected chi connectivity index (χ2v) is 6.18. The van der Waals surface area contributed by atoms with Crippen LogP contribution in [-0.2, 0) is 9.53 Å². The fourth-order valence-electron chi connectivity index (χ4n) is 3.08. The van der Waals surface area contributed by atoms with Crippen LogP contribution in [0.1, 0.15) is 49.0 Å². The van der Waals surface area contributed by atoms with Crippen LogP contribution in [0.2, 0.25) is 0 Å². The highest BCUT2D eigenvalue weighted by Crippen LogP contribution is 2.31. The number of rotatable bonds is 7. The number of amides is 1. The van der Waals surface area contributed by atoms with Crippen LogP contribution in [0.5, 0.6) is 5.75 Å². The standard InChI is InChI=1S/C19H23N3O4/c1-2-25-19(24)14-7-9-16(10-8-14)26-13-18(23)21-17-11-12-20-22(17)15-5-3-4-6-15/h7-12,15H,2-6,13H2,1H3,(H,21,23). The summed E-state index contributed by atoms with van der Waals surface area (Å²) >= 11 is 0. The average Bonchev–Trinajstić information content (AvgIpc) is 3.32. The van der Waals surface area contributed by atoms with Gasteiger partial charge in [-0.05, 0) is 44.0 Å². The lowest BCUT2D eigenvalue weighted by Gasteiger charge is -2.14. The molecule has 2 aromatic rings. The minimum Gasteiger partial charge on any atom is -0.484 e. The lowest BCUT2D eigenvalue weighted by Crippen LogP contribution is -2.23. The number of ether oxygens (including phenoxy) is 2. The third-order valence-corrected chi connectivity index (χ3v) is 4.34. The monoisotopic (exact) mass is 357 g/mol. The van der Waals surface area contributed by atoms with Gasteiger partial charge in [0.25, 0.3) is 5.91 Å². The molecule has 0 saturated heterocycles. The van der Waals surface area contributed by atoms with E-state index in [1.54, 1.807) is 43.5 Å². The van der Waals surface area contributed by atoms with Gasteiger partial charge in [0.15, 0.2) is 6.61 Å². The van der Waals surface area contributed by atoms with Crippen molar-refractivity contribution in [3.8, 4) is 5.75 Å². The maximum absolute atomic E-state index is 12.2. The van der Waals surface area contributed by atoms with Gasteiger partial charge >= 0.3 is 5.97 Å². The quantitative estimate of drug-likeness (QED) is 0.770. The first-order chi connectivity index (χ1) is 12.7.